The van der Waals surface area contributed by atoms with Crippen molar-refractivity contribution >= 4 is 57.9 Å². The molecule has 166 valence electrons. The SMILES string of the molecule is COc1cc(OC)c(N(C(N)=S)c2cccc(C(=O)O)c2NC(=O)c2ccco2)cc1Cl. The quantitative estimate of drug-likeness (QED) is 0.429. The molecular formula is C21H18ClN3O6S. The highest BCUT2D eigenvalue weighted by Gasteiger charge is 2.26. The van der Waals surface area contributed by atoms with Gasteiger partial charge in [-0.25, -0.2) is 4.79 Å². The number of furan rings is 1. The standard InChI is InChI=1S/C21H18ClN3O6S/c1-29-16-10-17(30-2)14(9-12(16)22)25(21(23)32)13-6-3-5-11(20(27)28)18(13)24-19(26)15-7-4-8-31-15/h3-10H,1-2H3,(H2,23,32)(H,24,26)(H,27,28). The highest BCUT2D eigenvalue weighted by molar-refractivity contribution is 7.80. The van der Waals surface area contributed by atoms with E-state index in [-0.39, 0.29) is 32.8 Å². The van der Waals surface area contributed by atoms with Gasteiger partial charge in [0.2, 0.25) is 0 Å². The molecule has 0 spiro atoms. The summed E-state index contributed by atoms with van der Waals surface area (Å²) in [5.41, 5.74) is 6.25. The maximum Gasteiger partial charge on any atom is 0.337 e. The van der Waals surface area contributed by atoms with Gasteiger partial charge in [-0.3, -0.25) is 9.69 Å². The number of rotatable bonds is 7. The van der Waals surface area contributed by atoms with Crippen LogP contribution in [0, 0.1) is 0 Å². The second-order valence-corrected chi connectivity index (χ2v) is 7.09. The molecular weight excluding hydrogens is 458 g/mol. The first kappa shape index (κ1) is 22.9. The predicted molar refractivity (Wildman–Crippen MR) is 124 cm³/mol. The average Bonchev–Trinajstić information content (AvgIpc) is 3.29. The van der Waals surface area contributed by atoms with E-state index in [9.17, 15) is 14.7 Å². The fraction of sp³-hybridized carbons (Fsp3) is 0.0952. The van der Waals surface area contributed by atoms with E-state index in [1.807, 2.05) is 0 Å². The number of halogens is 1. The van der Waals surface area contributed by atoms with E-state index < -0.39 is 11.9 Å². The Morgan fingerprint density at radius 3 is 2.41 bits per heavy atom. The van der Waals surface area contributed by atoms with E-state index in [2.05, 4.69) is 5.32 Å². The number of carboxylic acids is 1. The Kier molecular flexibility index (Phi) is 6.86. The molecule has 0 bridgehead atoms. The van der Waals surface area contributed by atoms with Crippen molar-refractivity contribution < 1.29 is 28.6 Å². The number of methoxy groups -OCH3 is 2. The Labute approximate surface area is 193 Å². The summed E-state index contributed by atoms with van der Waals surface area (Å²) in [6.07, 6.45) is 1.32. The van der Waals surface area contributed by atoms with Gasteiger partial charge in [0.15, 0.2) is 10.9 Å². The molecule has 4 N–H and O–H groups in total. The molecule has 1 aromatic heterocycles. The third-order valence-electron chi connectivity index (χ3n) is 4.41. The van der Waals surface area contributed by atoms with E-state index in [4.69, 9.17) is 43.4 Å². The molecule has 9 nitrogen and oxygen atoms in total. The molecule has 0 aliphatic heterocycles. The first-order chi connectivity index (χ1) is 15.3. The van der Waals surface area contributed by atoms with E-state index in [0.717, 1.165) is 0 Å². The van der Waals surface area contributed by atoms with Crippen molar-refractivity contribution in [1.82, 2.24) is 0 Å². The summed E-state index contributed by atoms with van der Waals surface area (Å²) in [6, 6.07) is 10.4. The number of aromatic carboxylic acids is 1. The predicted octanol–water partition coefficient (Wildman–Crippen LogP) is 4.28. The normalized spacial score (nSPS) is 10.3. The van der Waals surface area contributed by atoms with Gasteiger partial charge in [-0.15, -0.1) is 0 Å². The summed E-state index contributed by atoms with van der Waals surface area (Å²) in [5.74, 6) is -1.30. The zero-order valence-corrected chi connectivity index (χ0v) is 18.5. The lowest BCUT2D eigenvalue weighted by atomic mass is 10.1. The number of nitrogens with zero attached hydrogens (tertiary/aromatic N) is 1. The topological polar surface area (TPSA) is 127 Å². The monoisotopic (exact) mass is 475 g/mol. The van der Waals surface area contributed by atoms with Crippen LogP contribution in [0.4, 0.5) is 17.1 Å². The molecule has 0 atom stereocenters. The van der Waals surface area contributed by atoms with Gasteiger partial charge in [0.25, 0.3) is 5.91 Å². The van der Waals surface area contributed by atoms with Crippen LogP contribution in [0.15, 0.2) is 53.1 Å². The van der Waals surface area contributed by atoms with Crippen LogP contribution in [0.2, 0.25) is 5.02 Å². The number of nitrogens with one attached hydrogen (secondary N) is 1. The number of carboxylic acid groups (broad SMARTS) is 1. The molecule has 0 aliphatic carbocycles. The number of carbonyl (C=O) groups is 2. The van der Waals surface area contributed by atoms with Crippen molar-refractivity contribution in [2.24, 2.45) is 5.73 Å². The largest absolute Gasteiger partial charge is 0.495 e. The molecule has 0 saturated carbocycles. The minimum atomic E-state index is -1.27. The molecule has 1 heterocycles. The van der Waals surface area contributed by atoms with Gasteiger partial charge in [-0.2, -0.15) is 0 Å². The Hall–Kier alpha value is -3.76. The minimum Gasteiger partial charge on any atom is -0.495 e. The Morgan fingerprint density at radius 2 is 1.84 bits per heavy atom. The van der Waals surface area contributed by atoms with Crippen LogP contribution in [0.1, 0.15) is 20.9 Å². The van der Waals surface area contributed by atoms with Crippen molar-refractivity contribution in [2.75, 3.05) is 24.4 Å². The lowest BCUT2D eigenvalue weighted by molar-refractivity contribution is 0.0698. The Balaban J connectivity index is 2.23. The molecule has 0 saturated heterocycles. The molecule has 3 aromatic rings. The third kappa shape index (κ3) is 4.46. The summed E-state index contributed by atoms with van der Waals surface area (Å²) in [4.78, 5) is 25.9. The number of hydrogen-bond donors (Lipinski definition) is 3. The second-order valence-electron chi connectivity index (χ2n) is 6.27. The molecule has 0 radical (unpaired) electrons. The first-order valence-corrected chi connectivity index (χ1v) is 9.79. The van der Waals surface area contributed by atoms with Gasteiger partial charge in [0.1, 0.15) is 11.5 Å². The number of hydrogen-bond acceptors (Lipinski definition) is 6. The lowest BCUT2D eigenvalue weighted by Gasteiger charge is -2.28. The molecule has 32 heavy (non-hydrogen) atoms. The van der Waals surface area contributed by atoms with E-state index in [0.29, 0.717) is 17.2 Å². The summed E-state index contributed by atoms with van der Waals surface area (Å²) < 4.78 is 15.8. The van der Waals surface area contributed by atoms with Crippen molar-refractivity contribution in [3.63, 3.8) is 0 Å². The maximum absolute atomic E-state index is 12.6. The lowest BCUT2D eigenvalue weighted by Crippen LogP contribution is -2.33. The van der Waals surface area contributed by atoms with Gasteiger partial charge in [0.05, 0.1) is 48.1 Å². The zero-order valence-electron chi connectivity index (χ0n) is 16.9. The molecule has 1 amide bonds. The molecule has 11 heteroatoms. The summed E-state index contributed by atoms with van der Waals surface area (Å²) in [6.45, 7) is 0. The smallest absolute Gasteiger partial charge is 0.337 e. The van der Waals surface area contributed by atoms with Crippen LogP contribution in [0.5, 0.6) is 11.5 Å². The third-order valence-corrected chi connectivity index (χ3v) is 4.89. The number of amides is 1. The zero-order chi connectivity index (χ0) is 23.4. The van der Waals surface area contributed by atoms with E-state index >= 15 is 0 Å². The fourth-order valence-electron chi connectivity index (χ4n) is 3.01. The summed E-state index contributed by atoms with van der Waals surface area (Å²) >= 11 is 11.6. The van der Waals surface area contributed by atoms with Crippen LogP contribution in [-0.2, 0) is 0 Å². The molecule has 3 rings (SSSR count). The molecule has 0 fully saturated rings. The second kappa shape index (κ2) is 9.58. The van der Waals surface area contributed by atoms with Crippen LogP contribution in [-0.4, -0.2) is 36.3 Å². The van der Waals surface area contributed by atoms with Gasteiger partial charge in [-0.1, -0.05) is 17.7 Å². The van der Waals surface area contributed by atoms with Gasteiger partial charge in [0, 0.05) is 6.07 Å². The fourth-order valence-corrected chi connectivity index (χ4v) is 3.44. The van der Waals surface area contributed by atoms with Gasteiger partial charge in [-0.05, 0) is 42.5 Å². The van der Waals surface area contributed by atoms with E-state index in [1.54, 1.807) is 6.07 Å². The van der Waals surface area contributed by atoms with Crippen molar-refractivity contribution in [3.8, 4) is 11.5 Å². The average molecular weight is 476 g/mol. The number of anilines is 3. The van der Waals surface area contributed by atoms with Crippen LogP contribution < -0.4 is 25.4 Å². The Bertz CT molecular complexity index is 1180. The van der Waals surface area contributed by atoms with Crippen LogP contribution in [0.25, 0.3) is 0 Å². The van der Waals surface area contributed by atoms with Gasteiger partial charge >= 0.3 is 5.97 Å². The first-order valence-electron chi connectivity index (χ1n) is 9.00. The van der Waals surface area contributed by atoms with Crippen LogP contribution in [0.3, 0.4) is 0 Å². The minimum absolute atomic E-state index is 0.0110. The number of benzene rings is 2. The Morgan fingerprint density at radius 1 is 1.12 bits per heavy atom. The molecule has 2 aromatic carbocycles. The number of thiocarbonyl (C=S) groups is 1. The number of carbonyl (C=O) groups excluding carboxylic acids is 1. The van der Waals surface area contributed by atoms with Crippen molar-refractivity contribution in [2.45, 2.75) is 0 Å². The highest BCUT2D eigenvalue weighted by Crippen LogP contribution is 2.43. The molecule has 0 aliphatic rings. The number of para-hydroxylation sites is 1. The van der Waals surface area contributed by atoms with E-state index in [1.165, 1.54) is 61.8 Å². The number of ether oxygens (including phenoxy) is 2. The van der Waals surface area contributed by atoms with Crippen molar-refractivity contribution in [3.05, 3.63) is 65.1 Å². The van der Waals surface area contributed by atoms with Crippen LogP contribution >= 0.6 is 23.8 Å². The summed E-state index contributed by atoms with van der Waals surface area (Å²) in [5, 5.41) is 12.4. The number of nitrogens with two attached hydrogens (primary N) is 1. The van der Waals surface area contributed by atoms with Crippen molar-refractivity contribution in [1.29, 1.82) is 0 Å². The maximum atomic E-state index is 12.6. The molecule has 0 unspecified atom stereocenters. The van der Waals surface area contributed by atoms with Gasteiger partial charge < -0.3 is 30.0 Å². The highest BCUT2D eigenvalue weighted by atomic mass is 35.5. The summed E-state index contributed by atoms with van der Waals surface area (Å²) in [7, 11) is 2.88.